The second-order valence-corrected chi connectivity index (χ2v) is 42.0. The maximum Gasteiger partial charge on any atom is 0.377 e. The lowest BCUT2D eigenvalue weighted by molar-refractivity contribution is -0.316. The third-order valence-electron chi connectivity index (χ3n) is 24.2. The Morgan fingerprint density at radius 3 is 1.17 bits per heavy atom. The summed E-state index contributed by atoms with van der Waals surface area (Å²) in [6.07, 6.45) is 12.2. The fourth-order valence-corrected chi connectivity index (χ4v) is 25.8. The molecule has 12 bridgehead atoms. The summed E-state index contributed by atoms with van der Waals surface area (Å²) in [7, 11) is 0.849. The smallest absolute Gasteiger partial charge is 0.377 e. The number of ether oxygens (including phenoxy) is 7. The first-order valence-corrected chi connectivity index (χ1v) is 43.7. The van der Waals surface area contributed by atoms with E-state index in [0.29, 0.717) is 124 Å². The molecule has 6 atom stereocenters. The van der Waals surface area contributed by atoms with Crippen LogP contribution in [-0.4, -0.2) is 138 Å². The number of rotatable bonds is 12. The standard InChI is InChI=1S/C18H15S.C15H20F2O4.C14H20F2O3.2C14H21OS.C13H16F2O3/c1-4-10-16(11-5-1)19(17-12-6-2-7-13-17)18-14-8-3-9-15-18;1-13(16,17)12(18)21-14-6-9-4-10(7-14)15(11(5-9)8-14)19-2-3-20-15;1-12(15,16)11(17)19-8-13-3-9-2-10(4-13)6-14(18,5-9)7-13;2*1-14(2,3)12-4-6-13(7-5-12)16-10-8-15-9-11-16;1-12(14,15)11(17)18-13-4-7-2-8(5-13)10(16)9(3-7)6-13/h1-15H;9-11H,2-8H2,1H3;9-10,18H,2-8H2,1H3;2*4-7H,8-11H2,1-3H3;7-9H,2-6H2,1H3/q+1;;;2*+1;. The highest BCUT2D eigenvalue weighted by Gasteiger charge is 2.67. The predicted molar refractivity (Wildman–Crippen MR) is 413 cm³/mol. The number of carbonyl (C=O) groups excluding carboxylic acids is 4. The number of Topliss-reactive ketones (excluding diaryl/α,β-unsaturated/α-hetero) is 1. The van der Waals surface area contributed by atoms with Crippen LogP contribution in [0.1, 0.15) is 176 Å². The minimum atomic E-state index is -3.45. The molecule has 0 amide bonds. The second kappa shape index (κ2) is 33.6. The number of hydrogen-bond acceptors (Lipinski definition) is 12. The highest BCUT2D eigenvalue weighted by molar-refractivity contribution is 7.97. The molecular weight excluding hydrogens is 1460 g/mol. The SMILES string of the molecule is CC(C)(C)c1ccc([S+]2CCOCC2)cc1.CC(C)(C)c1ccc([S+]2CCOCC2)cc1.CC(F)(F)C(=O)OC12CC3CC(C1)C(=O)C(C3)C2.CC(F)(F)C(=O)OC12CC3CC(C1)C1(OCCO1)C(C3)C2.CC(F)(F)C(=O)OCC12CC3CC(CC(O)(C3)C1)C2.c1ccc([S+](c2ccccc2)c2ccccc2)cc1. The summed E-state index contributed by atoms with van der Waals surface area (Å²) in [5.74, 6) is -8.20. The lowest BCUT2D eigenvalue weighted by atomic mass is 9.48. The zero-order valence-corrected chi connectivity index (χ0v) is 67.4. The van der Waals surface area contributed by atoms with Crippen LogP contribution in [0.25, 0.3) is 0 Å². The molecule has 5 aromatic carbocycles. The molecule has 15 aliphatic rings. The van der Waals surface area contributed by atoms with Gasteiger partial charge in [-0.25, -0.2) is 14.4 Å². The van der Waals surface area contributed by atoms with Crippen molar-refractivity contribution >= 4 is 56.4 Å². The van der Waals surface area contributed by atoms with E-state index in [2.05, 4.69) is 181 Å². The maximum atomic E-state index is 13.2. The summed E-state index contributed by atoms with van der Waals surface area (Å²) in [6.45, 7) is 20.2. The van der Waals surface area contributed by atoms with Crippen molar-refractivity contribution in [1.29, 1.82) is 0 Å². The molecule has 0 aromatic heterocycles. The summed E-state index contributed by atoms with van der Waals surface area (Å²) in [4.78, 5) is 53.2. The molecule has 109 heavy (non-hydrogen) atoms. The first-order chi connectivity index (χ1) is 51.4. The Hall–Kier alpha value is -5.39. The summed E-state index contributed by atoms with van der Waals surface area (Å²) < 4.78 is 116. The largest absolute Gasteiger partial charge is 0.461 e. The quantitative estimate of drug-likeness (QED) is 0.0547. The maximum absolute atomic E-state index is 13.2. The van der Waals surface area contributed by atoms with Crippen molar-refractivity contribution in [1.82, 2.24) is 0 Å². The van der Waals surface area contributed by atoms with E-state index in [1.54, 1.807) is 0 Å². The van der Waals surface area contributed by atoms with Crippen LogP contribution in [0.4, 0.5) is 26.3 Å². The fourth-order valence-electron chi connectivity index (χ4n) is 20.1. The van der Waals surface area contributed by atoms with E-state index in [1.165, 1.54) is 58.6 Å². The van der Waals surface area contributed by atoms with Crippen LogP contribution in [0, 0.1) is 52.8 Å². The first-order valence-electron chi connectivity index (χ1n) is 39.3. The molecule has 21 heteroatoms. The number of alkyl halides is 6. The first kappa shape index (κ1) is 83.0. The summed E-state index contributed by atoms with van der Waals surface area (Å²) in [5, 5.41) is 10.5. The van der Waals surface area contributed by atoms with E-state index in [0.717, 1.165) is 84.2 Å². The molecule has 6 unspecified atom stereocenters. The molecule has 20 rings (SSSR count). The van der Waals surface area contributed by atoms with E-state index in [4.69, 9.17) is 33.2 Å². The van der Waals surface area contributed by atoms with Crippen LogP contribution in [0.2, 0.25) is 0 Å². The van der Waals surface area contributed by atoms with Gasteiger partial charge >= 0.3 is 35.7 Å². The average Bonchev–Trinajstić information content (AvgIpc) is 1.70. The summed E-state index contributed by atoms with van der Waals surface area (Å²) in [6, 6.07) is 50.6. The van der Waals surface area contributed by atoms with Gasteiger partial charge in [0.25, 0.3) is 0 Å². The predicted octanol–water partition coefficient (Wildman–Crippen LogP) is 18.1. The van der Waals surface area contributed by atoms with Crippen molar-refractivity contribution < 1.29 is 83.8 Å². The zero-order chi connectivity index (χ0) is 78.0. The summed E-state index contributed by atoms with van der Waals surface area (Å²) in [5.41, 5.74) is 0.940. The van der Waals surface area contributed by atoms with Gasteiger partial charge in [0, 0.05) is 71.6 Å². The Morgan fingerprint density at radius 1 is 0.450 bits per heavy atom. The van der Waals surface area contributed by atoms with E-state index in [9.17, 15) is 50.6 Å². The van der Waals surface area contributed by atoms with Gasteiger partial charge in [-0.05, 0) is 209 Å². The van der Waals surface area contributed by atoms with Crippen LogP contribution < -0.4 is 0 Å². The van der Waals surface area contributed by atoms with Crippen LogP contribution in [0.5, 0.6) is 0 Å². The number of esters is 3. The number of carbonyl (C=O) groups is 4. The van der Waals surface area contributed by atoms with Crippen molar-refractivity contribution in [3.05, 3.63) is 151 Å². The van der Waals surface area contributed by atoms with Gasteiger partial charge in [0.1, 0.15) is 40.0 Å². The Labute approximate surface area is 649 Å². The van der Waals surface area contributed by atoms with Crippen molar-refractivity contribution in [3.8, 4) is 0 Å². The number of ketones is 1. The minimum Gasteiger partial charge on any atom is -0.461 e. The highest BCUT2D eigenvalue weighted by atomic mass is 32.2. The van der Waals surface area contributed by atoms with Crippen LogP contribution in [0.3, 0.4) is 0 Å². The molecule has 3 heterocycles. The zero-order valence-electron chi connectivity index (χ0n) is 64.9. The molecule has 594 valence electrons. The van der Waals surface area contributed by atoms with Gasteiger partial charge in [0.15, 0.2) is 30.3 Å². The number of benzene rings is 5. The van der Waals surface area contributed by atoms with Gasteiger partial charge in [-0.3, -0.25) is 4.79 Å². The van der Waals surface area contributed by atoms with Gasteiger partial charge in [-0.15, -0.1) is 0 Å². The number of halogens is 6. The third-order valence-corrected chi connectivity index (χ3v) is 31.0. The topological polar surface area (TPSA) is 153 Å². The Morgan fingerprint density at radius 2 is 0.817 bits per heavy atom. The molecule has 12 nitrogen and oxygen atoms in total. The van der Waals surface area contributed by atoms with E-state index in [1.807, 2.05) is 0 Å². The highest BCUT2D eigenvalue weighted by Crippen LogP contribution is 2.65. The summed E-state index contributed by atoms with van der Waals surface area (Å²) >= 11 is 0. The van der Waals surface area contributed by atoms with Gasteiger partial charge in [-0.1, -0.05) is 120 Å². The van der Waals surface area contributed by atoms with Crippen molar-refractivity contribution in [3.63, 3.8) is 0 Å². The van der Waals surface area contributed by atoms with Crippen molar-refractivity contribution in [2.45, 2.75) is 241 Å². The minimum absolute atomic E-state index is 0.0146. The normalized spacial score (nSPS) is 30.4. The van der Waals surface area contributed by atoms with E-state index < -0.39 is 58.3 Å². The third kappa shape index (κ3) is 20.4. The van der Waals surface area contributed by atoms with E-state index in [-0.39, 0.29) is 63.2 Å². The van der Waals surface area contributed by atoms with Crippen LogP contribution >= 0.6 is 0 Å². The second-order valence-electron chi connectivity index (χ2n) is 35.4. The van der Waals surface area contributed by atoms with Crippen molar-refractivity contribution in [2.75, 3.05) is 69.3 Å². The Balaban J connectivity index is 0.000000122. The van der Waals surface area contributed by atoms with Gasteiger partial charge in [0.2, 0.25) is 0 Å². The Kier molecular flexibility index (Phi) is 25.6. The van der Waals surface area contributed by atoms with Crippen LogP contribution in [0.15, 0.2) is 164 Å². The number of aliphatic hydroxyl groups is 1. The molecule has 0 radical (unpaired) electrons. The molecule has 12 aliphatic carbocycles. The van der Waals surface area contributed by atoms with E-state index >= 15 is 0 Å². The lowest BCUT2D eigenvalue weighted by Gasteiger charge is -2.62. The molecule has 1 N–H and O–H groups in total. The number of hydrogen-bond donors (Lipinski definition) is 1. The average molecular weight is 1570 g/mol. The lowest BCUT2D eigenvalue weighted by Crippen LogP contribution is -2.65. The van der Waals surface area contributed by atoms with Gasteiger partial charge in [0.05, 0.1) is 62.7 Å². The molecule has 1 spiro atoms. The Bertz CT molecular complexity index is 3640. The molecular formula is C88H113F6O12S3+3. The molecule has 3 aliphatic heterocycles. The molecule has 3 saturated heterocycles. The van der Waals surface area contributed by atoms with Gasteiger partial charge < -0.3 is 38.3 Å². The molecule has 5 aromatic rings. The molecule has 15 fully saturated rings. The monoisotopic (exact) mass is 1570 g/mol. The fraction of sp³-hybridized carbons (Fsp3) is 0.614. The molecule has 12 saturated carbocycles. The van der Waals surface area contributed by atoms with Crippen LogP contribution in [-0.2, 0) is 95.9 Å². The van der Waals surface area contributed by atoms with Gasteiger partial charge in [-0.2, -0.15) is 26.3 Å². The van der Waals surface area contributed by atoms with Crippen molar-refractivity contribution in [2.24, 2.45) is 52.8 Å².